The van der Waals surface area contributed by atoms with E-state index in [1.165, 1.54) is 6.92 Å². The number of carbonyl (C=O) groups is 2. The van der Waals surface area contributed by atoms with Crippen LogP contribution in [0.25, 0.3) is 0 Å². The maximum Gasteiger partial charge on any atom is 0.338 e. The summed E-state index contributed by atoms with van der Waals surface area (Å²) in [5.74, 6) is -9.66. The molecule has 2 aromatic rings. The van der Waals surface area contributed by atoms with Gasteiger partial charge >= 0.3 is 11.9 Å². The molecule has 1 N–H and O–H groups in total. The molecule has 1 aliphatic carbocycles. The number of hydrogen-bond donors (Lipinski definition) is 1. The fourth-order valence-electron chi connectivity index (χ4n) is 6.53. The van der Waals surface area contributed by atoms with Crippen LogP contribution in [0, 0.1) is 40.9 Å². The van der Waals surface area contributed by atoms with Crippen LogP contribution >= 0.6 is 11.6 Å². The van der Waals surface area contributed by atoms with Crippen LogP contribution in [0.3, 0.4) is 0 Å². The number of halogens is 6. The Morgan fingerprint density at radius 1 is 1.08 bits per heavy atom. The van der Waals surface area contributed by atoms with E-state index in [4.69, 9.17) is 21.1 Å². The van der Waals surface area contributed by atoms with Gasteiger partial charge in [-0.05, 0) is 70.5 Å². The number of nitrogens with zero attached hydrogens (tertiary/aromatic N) is 2. The normalized spacial score (nSPS) is 24.1. The van der Waals surface area contributed by atoms with E-state index < -0.39 is 96.9 Å². The van der Waals surface area contributed by atoms with Crippen LogP contribution in [0.4, 0.5) is 22.0 Å². The molecule has 9 nitrogen and oxygen atoms in total. The third-order valence-electron chi connectivity index (χ3n) is 8.83. The van der Waals surface area contributed by atoms with Crippen LogP contribution in [-0.4, -0.2) is 61.6 Å². The van der Waals surface area contributed by atoms with E-state index in [-0.39, 0.29) is 62.2 Å². The molecule has 3 aliphatic rings. The van der Waals surface area contributed by atoms with E-state index in [2.05, 4.69) is 10.3 Å². The molecule has 0 amide bonds. The average molecular weight is 731 g/mol. The second kappa shape index (κ2) is 14.1. The molecule has 0 bridgehead atoms. The molecule has 0 radical (unpaired) electrons. The number of nitrogens with one attached hydrogen (secondary N) is 1. The number of rotatable bonds is 8. The van der Waals surface area contributed by atoms with Gasteiger partial charge in [-0.3, -0.25) is 18.9 Å². The highest BCUT2D eigenvalue weighted by Gasteiger charge is 2.54. The van der Waals surface area contributed by atoms with Gasteiger partial charge in [-0.1, -0.05) is 17.7 Å². The molecule has 5 rings (SSSR count). The minimum atomic E-state index is -2.60. The monoisotopic (exact) mass is 730 g/mol. The fourth-order valence-corrected chi connectivity index (χ4v) is 7.85. The molecule has 266 valence electrons. The van der Waals surface area contributed by atoms with Crippen molar-refractivity contribution in [2.24, 2.45) is 16.8 Å². The van der Waals surface area contributed by atoms with E-state index in [9.17, 15) is 31.5 Å². The zero-order valence-electron chi connectivity index (χ0n) is 27.0. The number of aliphatic imine (C=N–C) groups is 1. The molecule has 2 fully saturated rings. The topological polar surface area (TPSA) is 120 Å². The number of piperidine rings is 1. The summed E-state index contributed by atoms with van der Waals surface area (Å²) in [7, 11) is 0. The van der Waals surface area contributed by atoms with E-state index in [0.29, 0.717) is 12.1 Å². The molecule has 49 heavy (non-hydrogen) atoms. The third kappa shape index (κ3) is 7.26. The molecular formula is C33H34ClF5N3O6S-. The Morgan fingerprint density at radius 3 is 2.24 bits per heavy atom. The molecule has 2 aromatic carbocycles. The zero-order valence-corrected chi connectivity index (χ0v) is 28.6. The van der Waals surface area contributed by atoms with Crippen molar-refractivity contribution in [1.29, 1.82) is 0 Å². The van der Waals surface area contributed by atoms with Gasteiger partial charge < -0.3 is 19.3 Å². The fraction of sp³-hybridized carbons (Fsp3) is 0.485. The van der Waals surface area contributed by atoms with Crippen molar-refractivity contribution in [3.05, 3.63) is 80.8 Å². The summed E-state index contributed by atoms with van der Waals surface area (Å²) in [6.07, 6.45) is 0.463. The lowest BCUT2D eigenvalue weighted by atomic mass is 9.76. The van der Waals surface area contributed by atoms with E-state index in [1.807, 2.05) is 0 Å². The summed E-state index contributed by atoms with van der Waals surface area (Å²) in [6.45, 7) is 6.92. The van der Waals surface area contributed by atoms with Crippen LogP contribution in [0.1, 0.15) is 70.5 Å². The van der Waals surface area contributed by atoms with Gasteiger partial charge in [-0.2, -0.15) is 0 Å². The molecule has 2 aliphatic heterocycles. The number of likely N-dealkylation sites (tertiary alicyclic amines) is 1. The summed E-state index contributed by atoms with van der Waals surface area (Å²) < 4.78 is 109. The van der Waals surface area contributed by atoms with Gasteiger partial charge in [0.1, 0.15) is 34.9 Å². The smallest absolute Gasteiger partial charge is 0.338 e. The molecule has 1 saturated carbocycles. The lowest BCUT2D eigenvalue weighted by Gasteiger charge is -2.56. The molecule has 16 heteroatoms. The van der Waals surface area contributed by atoms with Gasteiger partial charge in [0.25, 0.3) is 0 Å². The van der Waals surface area contributed by atoms with Crippen molar-refractivity contribution < 1.29 is 49.8 Å². The summed E-state index contributed by atoms with van der Waals surface area (Å²) in [5, 5.41) is 2.11. The standard InChI is InChI=1S/C33H35ClF5N3O6S/c1-5-47-31(44)24-27(16-8-10-42(11-9-16)33(49(45)46)14-17(15-33)30(43)48-32(2,3)4)40-29(23-21(37)12-18(35)13-22(23)38)41-28(24)19-6-7-20(36)26(39)25(19)34/h6-7,12-13,16-17,28H,5,8-11,14-15H2,1-4H3,(H,40,41)(H,45,46)/p-1. The number of benzene rings is 2. The van der Waals surface area contributed by atoms with Gasteiger partial charge in [0.2, 0.25) is 0 Å². The number of carbonyl (C=O) groups excluding carboxylic acids is 2. The molecule has 1 saturated heterocycles. The Kier molecular flexibility index (Phi) is 10.6. The van der Waals surface area contributed by atoms with E-state index in [0.717, 1.165) is 12.1 Å². The van der Waals surface area contributed by atoms with Gasteiger partial charge in [-0.25, -0.2) is 26.7 Å². The number of amidine groups is 1. The maximum absolute atomic E-state index is 15.1. The van der Waals surface area contributed by atoms with E-state index in [1.54, 1.807) is 25.7 Å². The number of ether oxygens (including phenoxy) is 2. The highest BCUT2D eigenvalue weighted by Crippen LogP contribution is 2.48. The molecular weight excluding hydrogens is 697 g/mol. The van der Waals surface area contributed by atoms with Crippen molar-refractivity contribution in [1.82, 2.24) is 10.2 Å². The lowest BCUT2D eigenvalue weighted by molar-refractivity contribution is -0.167. The van der Waals surface area contributed by atoms with Crippen LogP contribution in [-0.2, 0) is 30.1 Å². The minimum absolute atomic E-state index is 0.0222. The van der Waals surface area contributed by atoms with Crippen molar-refractivity contribution in [2.75, 3.05) is 19.7 Å². The lowest BCUT2D eigenvalue weighted by Crippen LogP contribution is -2.63. The van der Waals surface area contributed by atoms with E-state index >= 15 is 8.78 Å². The first-order valence-electron chi connectivity index (χ1n) is 15.6. The largest absolute Gasteiger partial charge is 0.771 e. The molecule has 2 heterocycles. The Bertz CT molecular complexity index is 1730. The minimum Gasteiger partial charge on any atom is -0.771 e. The van der Waals surface area contributed by atoms with Gasteiger partial charge in [0, 0.05) is 42.4 Å². The Balaban J connectivity index is 1.52. The first kappa shape index (κ1) is 36.9. The van der Waals surface area contributed by atoms with Crippen molar-refractivity contribution in [2.45, 2.75) is 69.9 Å². The maximum atomic E-state index is 15.1. The predicted molar refractivity (Wildman–Crippen MR) is 168 cm³/mol. The van der Waals surface area contributed by atoms with Crippen LogP contribution in [0.5, 0.6) is 0 Å². The molecule has 0 spiro atoms. The summed E-state index contributed by atoms with van der Waals surface area (Å²) in [6, 6.07) is 1.18. The first-order chi connectivity index (χ1) is 23.0. The SMILES string of the molecule is CCOC(=O)C1=C(C2CCN(C3(S(=O)[O-])CC(C(=O)OC(C)(C)C)C3)CC2)NC(c2c(F)cc(F)cc2F)=NC1c1ccc(F)c(F)c1Cl. The molecule has 0 aromatic heterocycles. The highest BCUT2D eigenvalue weighted by atomic mass is 35.5. The second-order valence-corrected chi connectivity index (χ2v) is 14.8. The van der Waals surface area contributed by atoms with Crippen LogP contribution in [0.15, 0.2) is 40.5 Å². The predicted octanol–water partition coefficient (Wildman–Crippen LogP) is 5.98. The van der Waals surface area contributed by atoms with Crippen LogP contribution < -0.4 is 5.32 Å². The van der Waals surface area contributed by atoms with Gasteiger partial charge in [-0.15, -0.1) is 0 Å². The zero-order chi connectivity index (χ0) is 36.0. The van der Waals surface area contributed by atoms with Crippen molar-refractivity contribution in [3.8, 4) is 0 Å². The quantitative estimate of drug-likeness (QED) is 0.153. The van der Waals surface area contributed by atoms with Gasteiger partial charge in [0.05, 0.1) is 33.6 Å². The third-order valence-corrected chi connectivity index (χ3v) is 10.4. The molecule has 2 unspecified atom stereocenters. The number of allylic oxidation sites excluding steroid dienone is 1. The highest BCUT2D eigenvalue weighted by molar-refractivity contribution is 7.80. The van der Waals surface area contributed by atoms with Crippen molar-refractivity contribution >= 4 is 40.5 Å². The summed E-state index contributed by atoms with van der Waals surface area (Å²) in [5.41, 5.74) is -1.81. The number of esters is 2. The Morgan fingerprint density at radius 2 is 1.69 bits per heavy atom. The molecule has 2 atom stereocenters. The summed E-state index contributed by atoms with van der Waals surface area (Å²) >= 11 is 3.61. The first-order valence-corrected chi connectivity index (χ1v) is 17.0. The Hall–Kier alpha value is -3.40. The average Bonchev–Trinajstić information content (AvgIpc) is 2.98. The second-order valence-electron chi connectivity index (χ2n) is 13.1. The Labute approximate surface area is 287 Å². The van der Waals surface area contributed by atoms with Crippen LogP contribution in [0.2, 0.25) is 5.02 Å². The summed E-state index contributed by atoms with van der Waals surface area (Å²) in [4.78, 5) is 30.9. The number of hydrogen-bond acceptors (Lipinski definition) is 9. The van der Waals surface area contributed by atoms with Crippen molar-refractivity contribution in [3.63, 3.8) is 0 Å². The van der Waals surface area contributed by atoms with Gasteiger partial charge in [0.15, 0.2) is 11.6 Å².